The normalized spacial score (nSPS) is 13.7. The highest BCUT2D eigenvalue weighted by Crippen LogP contribution is 2.43. The second kappa shape index (κ2) is 40.4. The van der Waals surface area contributed by atoms with Crippen molar-refractivity contribution < 1.29 is 37.6 Å². The molecule has 0 saturated carbocycles. The van der Waals surface area contributed by atoms with E-state index in [0.29, 0.717) is 13.0 Å². The van der Waals surface area contributed by atoms with Crippen molar-refractivity contribution >= 4 is 19.8 Å². The van der Waals surface area contributed by atoms with Crippen molar-refractivity contribution in [3.8, 4) is 0 Å². The van der Waals surface area contributed by atoms with Gasteiger partial charge in [-0.2, -0.15) is 0 Å². The van der Waals surface area contributed by atoms with Crippen LogP contribution in [0.1, 0.15) is 194 Å². The van der Waals surface area contributed by atoms with Crippen LogP contribution in [0.3, 0.4) is 0 Å². The molecule has 0 heterocycles. The van der Waals surface area contributed by atoms with Crippen LogP contribution in [-0.4, -0.2) is 68.3 Å². The Morgan fingerprint density at radius 2 is 0.982 bits per heavy atom. The molecule has 0 aromatic carbocycles. The first-order valence-corrected chi connectivity index (χ1v) is 23.8. The highest BCUT2D eigenvalue weighted by molar-refractivity contribution is 7.47. The SMILES string of the molecule is CCCCC/C=C\C/C=C\CCCCCCCC(=O)OC(COC(=O)CCCCCCCCC/C=C\CCCCCCCC)COP(=O)(O)OCCN(C)C. The highest BCUT2D eigenvalue weighted by Gasteiger charge is 2.26. The Labute approximate surface area is 338 Å². The third-order valence-electron chi connectivity index (χ3n) is 9.42. The van der Waals surface area contributed by atoms with E-state index in [1.54, 1.807) is 0 Å². The summed E-state index contributed by atoms with van der Waals surface area (Å²) in [6.45, 7) is 4.28. The van der Waals surface area contributed by atoms with E-state index < -0.39 is 26.5 Å². The number of rotatable bonds is 41. The molecule has 10 heteroatoms. The number of hydrogen-bond acceptors (Lipinski definition) is 8. The molecule has 0 aliphatic carbocycles. The van der Waals surface area contributed by atoms with Gasteiger partial charge in [-0.15, -0.1) is 0 Å². The summed E-state index contributed by atoms with van der Waals surface area (Å²) in [5, 5.41) is 0. The number of hydrogen-bond donors (Lipinski definition) is 1. The van der Waals surface area contributed by atoms with E-state index in [0.717, 1.165) is 57.8 Å². The fourth-order valence-corrected chi connectivity index (χ4v) is 6.69. The molecule has 0 radical (unpaired) electrons. The van der Waals surface area contributed by atoms with Gasteiger partial charge in [0.05, 0.1) is 13.2 Å². The molecule has 0 aliphatic heterocycles. The fourth-order valence-electron chi connectivity index (χ4n) is 5.95. The molecule has 0 aromatic heterocycles. The lowest BCUT2D eigenvalue weighted by Crippen LogP contribution is -2.29. The smallest absolute Gasteiger partial charge is 0.462 e. The van der Waals surface area contributed by atoms with E-state index in [1.807, 2.05) is 19.0 Å². The number of carbonyl (C=O) groups excluding carboxylic acids is 2. The Bertz CT molecular complexity index is 1010. The van der Waals surface area contributed by atoms with Gasteiger partial charge in [0.2, 0.25) is 0 Å². The molecular weight excluding hydrogens is 713 g/mol. The summed E-state index contributed by atoms with van der Waals surface area (Å²) < 4.78 is 33.5. The Morgan fingerprint density at radius 1 is 0.564 bits per heavy atom. The summed E-state index contributed by atoms with van der Waals surface area (Å²) in [5.74, 6) is -0.822. The van der Waals surface area contributed by atoms with Gasteiger partial charge in [0.1, 0.15) is 6.61 Å². The van der Waals surface area contributed by atoms with Gasteiger partial charge in [0.15, 0.2) is 6.10 Å². The minimum Gasteiger partial charge on any atom is -0.462 e. The molecule has 0 saturated heterocycles. The third kappa shape index (κ3) is 41.7. The predicted octanol–water partition coefficient (Wildman–Crippen LogP) is 12.8. The zero-order valence-electron chi connectivity index (χ0n) is 35.9. The van der Waals surface area contributed by atoms with Gasteiger partial charge in [-0.05, 0) is 84.7 Å². The van der Waals surface area contributed by atoms with Gasteiger partial charge in [-0.3, -0.25) is 18.6 Å². The van der Waals surface area contributed by atoms with E-state index in [-0.39, 0.29) is 32.0 Å². The van der Waals surface area contributed by atoms with Crippen LogP contribution >= 0.6 is 7.82 Å². The van der Waals surface area contributed by atoms with Gasteiger partial charge in [0, 0.05) is 19.4 Å². The van der Waals surface area contributed by atoms with E-state index in [2.05, 4.69) is 50.3 Å². The first kappa shape index (κ1) is 53.2. The zero-order chi connectivity index (χ0) is 40.5. The Morgan fingerprint density at radius 3 is 1.49 bits per heavy atom. The largest absolute Gasteiger partial charge is 0.472 e. The topological polar surface area (TPSA) is 112 Å². The molecule has 0 bridgehead atoms. The number of ether oxygens (including phenoxy) is 2. The molecule has 0 aromatic rings. The van der Waals surface area contributed by atoms with Gasteiger partial charge in [-0.1, -0.05) is 147 Å². The highest BCUT2D eigenvalue weighted by atomic mass is 31.2. The summed E-state index contributed by atoms with van der Waals surface area (Å²) in [6, 6.07) is 0. The minimum absolute atomic E-state index is 0.00371. The molecule has 0 aliphatic rings. The maximum absolute atomic E-state index is 12.6. The van der Waals surface area contributed by atoms with Crippen LogP contribution in [-0.2, 0) is 32.7 Å². The average Bonchev–Trinajstić information content (AvgIpc) is 3.15. The molecule has 0 spiro atoms. The zero-order valence-corrected chi connectivity index (χ0v) is 36.8. The third-order valence-corrected chi connectivity index (χ3v) is 10.4. The standard InChI is InChI=1S/C45H84NO8P/c1-5-7-9-11-13-15-17-19-21-22-24-25-27-29-31-33-35-37-44(47)51-41-43(42-53-55(49,50)52-40-39-46(3)4)54-45(48)38-36-34-32-30-28-26-23-20-18-16-14-12-10-8-6-2/h14,16,19-21,23,43H,5-13,15,17-18,22,24-42H2,1-4H3,(H,49,50)/b16-14-,21-19-,23-20-. The monoisotopic (exact) mass is 798 g/mol. The number of carbonyl (C=O) groups is 2. The number of phosphoric acid groups is 1. The Hall–Kier alpha value is -1.77. The molecule has 2 unspecified atom stereocenters. The first-order chi connectivity index (χ1) is 26.7. The van der Waals surface area contributed by atoms with Crippen molar-refractivity contribution in [2.45, 2.75) is 200 Å². The fraction of sp³-hybridized carbons (Fsp3) is 0.822. The van der Waals surface area contributed by atoms with Crippen molar-refractivity contribution in [1.82, 2.24) is 4.90 Å². The second-order valence-electron chi connectivity index (χ2n) is 15.2. The van der Waals surface area contributed by atoms with Crippen LogP contribution in [0.25, 0.3) is 0 Å². The number of allylic oxidation sites excluding steroid dienone is 6. The van der Waals surface area contributed by atoms with Crippen molar-refractivity contribution in [2.24, 2.45) is 0 Å². The molecule has 1 N–H and O–H groups in total. The van der Waals surface area contributed by atoms with Crippen LogP contribution in [0.2, 0.25) is 0 Å². The summed E-state index contributed by atoms with van der Waals surface area (Å²) in [6.07, 6.45) is 43.2. The van der Waals surface area contributed by atoms with Crippen LogP contribution < -0.4 is 0 Å². The lowest BCUT2D eigenvalue weighted by atomic mass is 10.1. The lowest BCUT2D eigenvalue weighted by Gasteiger charge is -2.20. The molecule has 55 heavy (non-hydrogen) atoms. The number of esters is 2. The summed E-state index contributed by atoms with van der Waals surface area (Å²) in [5.41, 5.74) is 0. The van der Waals surface area contributed by atoms with E-state index in [4.69, 9.17) is 18.5 Å². The number of unbranched alkanes of at least 4 members (excludes halogenated alkanes) is 21. The summed E-state index contributed by atoms with van der Waals surface area (Å²) >= 11 is 0. The quantitative estimate of drug-likeness (QED) is 0.0280. The Balaban J connectivity index is 4.30. The summed E-state index contributed by atoms with van der Waals surface area (Å²) in [4.78, 5) is 37.0. The van der Waals surface area contributed by atoms with Crippen molar-refractivity contribution in [2.75, 3.05) is 40.5 Å². The van der Waals surface area contributed by atoms with Crippen molar-refractivity contribution in [3.63, 3.8) is 0 Å². The molecule has 9 nitrogen and oxygen atoms in total. The van der Waals surface area contributed by atoms with Crippen molar-refractivity contribution in [1.29, 1.82) is 0 Å². The van der Waals surface area contributed by atoms with Crippen LogP contribution in [0.4, 0.5) is 0 Å². The number of nitrogens with zero attached hydrogens (tertiary/aromatic N) is 1. The average molecular weight is 798 g/mol. The molecule has 0 rings (SSSR count). The van der Waals surface area contributed by atoms with Crippen molar-refractivity contribution in [3.05, 3.63) is 36.5 Å². The van der Waals surface area contributed by atoms with Gasteiger partial charge < -0.3 is 19.3 Å². The van der Waals surface area contributed by atoms with E-state index in [9.17, 15) is 19.0 Å². The minimum atomic E-state index is -4.37. The molecule has 322 valence electrons. The lowest BCUT2D eigenvalue weighted by molar-refractivity contribution is -0.161. The van der Waals surface area contributed by atoms with E-state index in [1.165, 1.54) is 103 Å². The first-order valence-electron chi connectivity index (χ1n) is 22.3. The van der Waals surface area contributed by atoms with Gasteiger partial charge >= 0.3 is 19.8 Å². The van der Waals surface area contributed by atoms with Crippen LogP contribution in [0.15, 0.2) is 36.5 Å². The maximum Gasteiger partial charge on any atom is 0.472 e. The number of likely N-dealkylation sites (N-methyl/N-ethyl adjacent to an activating group) is 1. The predicted molar refractivity (Wildman–Crippen MR) is 229 cm³/mol. The second-order valence-corrected chi connectivity index (χ2v) is 16.7. The Kier molecular flexibility index (Phi) is 39.1. The van der Waals surface area contributed by atoms with Crippen LogP contribution in [0, 0.1) is 0 Å². The molecule has 0 fully saturated rings. The van der Waals surface area contributed by atoms with Gasteiger partial charge in [0.25, 0.3) is 0 Å². The number of phosphoric ester groups is 1. The molecule has 0 amide bonds. The molecule has 2 atom stereocenters. The van der Waals surface area contributed by atoms with Gasteiger partial charge in [-0.25, -0.2) is 4.57 Å². The van der Waals surface area contributed by atoms with E-state index >= 15 is 0 Å². The maximum atomic E-state index is 12.6. The van der Waals surface area contributed by atoms with Crippen LogP contribution in [0.5, 0.6) is 0 Å². The summed E-state index contributed by atoms with van der Waals surface area (Å²) in [7, 11) is -0.720. The molecular formula is C45H84NO8P.